The van der Waals surface area contributed by atoms with Crippen LogP contribution in [0.4, 0.5) is 0 Å². The van der Waals surface area contributed by atoms with Crippen LogP contribution in [0.15, 0.2) is 0 Å². The fourth-order valence-electron chi connectivity index (χ4n) is 0.389. The van der Waals surface area contributed by atoms with E-state index in [1.165, 1.54) is 0 Å². The normalized spacial score (nSPS) is 6.91. The van der Waals surface area contributed by atoms with Crippen LogP contribution in [0.25, 0.3) is 0 Å². The molecule has 2 nitrogen and oxygen atoms in total. The molecule has 0 rings (SSSR count). The number of rotatable bonds is 3. The molecule has 0 radical (unpaired) electrons. The standard InChI is InChI=1S/C6H13NO.C2H6.H2S.H2/c1-3-5-7-6(8)4-2;1-2;;/h3-5H2,1-2H3,(H,7,8);1-2H3;1H2;1H. The third-order valence-electron chi connectivity index (χ3n) is 0.893. The molecule has 11 heavy (non-hydrogen) atoms. The zero-order chi connectivity index (χ0) is 8.41. The molecule has 0 aromatic carbocycles. The second kappa shape index (κ2) is 16.4. The third kappa shape index (κ3) is 17.7. The van der Waals surface area contributed by atoms with Crippen molar-refractivity contribution in [3.63, 3.8) is 0 Å². The van der Waals surface area contributed by atoms with Gasteiger partial charge in [0.25, 0.3) is 0 Å². The van der Waals surface area contributed by atoms with Gasteiger partial charge in [-0.05, 0) is 6.42 Å². The Morgan fingerprint density at radius 3 is 2.09 bits per heavy atom. The molecule has 0 spiro atoms. The zero-order valence-electron chi connectivity index (χ0n) is 8.03. The number of hydrogen-bond acceptors (Lipinski definition) is 1. The minimum Gasteiger partial charge on any atom is -0.356 e. The van der Waals surface area contributed by atoms with Crippen LogP contribution in [0.1, 0.15) is 42.0 Å². The summed E-state index contributed by atoms with van der Waals surface area (Å²) in [5.74, 6) is 0.145. The summed E-state index contributed by atoms with van der Waals surface area (Å²) in [6.45, 7) is 8.70. The first-order chi connectivity index (χ1) is 4.81. The van der Waals surface area contributed by atoms with Gasteiger partial charge in [0.1, 0.15) is 0 Å². The molecule has 0 saturated heterocycles. The van der Waals surface area contributed by atoms with Crippen molar-refractivity contribution in [2.45, 2.75) is 40.5 Å². The average Bonchev–Trinajstić information content (AvgIpc) is 2.04. The number of carbonyl (C=O) groups is 1. The molecule has 3 heteroatoms. The Labute approximate surface area is 78.7 Å². The fourth-order valence-corrected chi connectivity index (χ4v) is 0.389. The lowest BCUT2D eigenvalue weighted by Crippen LogP contribution is -2.22. The van der Waals surface area contributed by atoms with E-state index in [-0.39, 0.29) is 20.8 Å². The number of hydrogen-bond donors (Lipinski definition) is 1. The van der Waals surface area contributed by atoms with Crippen LogP contribution >= 0.6 is 13.5 Å². The van der Waals surface area contributed by atoms with Gasteiger partial charge in [-0.15, -0.1) is 0 Å². The smallest absolute Gasteiger partial charge is 0.219 e. The van der Waals surface area contributed by atoms with Gasteiger partial charge in [0.05, 0.1) is 0 Å². The first kappa shape index (κ1) is 17.1. The number of amides is 1. The van der Waals surface area contributed by atoms with Gasteiger partial charge in [0.2, 0.25) is 5.91 Å². The molecule has 0 bridgehead atoms. The van der Waals surface area contributed by atoms with Crippen LogP contribution < -0.4 is 5.32 Å². The Bertz CT molecular complexity index is 81.5. The Morgan fingerprint density at radius 2 is 1.82 bits per heavy atom. The maximum Gasteiger partial charge on any atom is 0.219 e. The van der Waals surface area contributed by atoms with E-state index < -0.39 is 0 Å². The fraction of sp³-hybridized carbons (Fsp3) is 0.875. The van der Waals surface area contributed by atoms with Gasteiger partial charge >= 0.3 is 0 Å². The van der Waals surface area contributed by atoms with Crippen LogP contribution in [-0.4, -0.2) is 12.5 Å². The van der Waals surface area contributed by atoms with Gasteiger partial charge in [-0.3, -0.25) is 4.79 Å². The predicted molar refractivity (Wildman–Crippen MR) is 57.4 cm³/mol. The molecule has 0 aliphatic heterocycles. The molecular weight excluding hydrogens is 158 g/mol. The topological polar surface area (TPSA) is 29.1 Å². The maximum absolute atomic E-state index is 10.5. The van der Waals surface area contributed by atoms with Gasteiger partial charge in [-0.2, -0.15) is 13.5 Å². The van der Waals surface area contributed by atoms with Gasteiger partial charge < -0.3 is 5.32 Å². The van der Waals surface area contributed by atoms with Gasteiger partial charge in [-0.25, -0.2) is 0 Å². The van der Waals surface area contributed by atoms with Crippen LogP contribution in [0.2, 0.25) is 0 Å². The van der Waals surface area contributed by atoms with E-state index in [1.807, 2.05) is 27.7 Å². The average molecular weight is 181 g/mol. The van der Waals surface area contributed by atoms with Crippen LogP contribution in [0.3, 0.4) is 0 Å². The Morgan fingerprint density at radius 1 is 1.36 bits per heavy atom. The lowest BCUT2D eigenvalue weighted by Gasteiger charge is -1.97. The molecule has 1 N–H and O–H groups in total. The molecule has 0 atom stereocenters. The summed E-state index contributed by atoms with van der Waals surface area (Å²) in [5, 5.41) is 2.74. The molecule has 0 aromatic heterocycles. The van der Waals surface area contributed by atoms with E-state index in [9.17, 15) is 4.79 Å². The molecule has 0 saturated carbocycles. The summed E-state index contributed by atoms with van der Waals surface area (Å²) in [5.41, 5.74) is 0. The highest BCUT2D eigenvalue weighted by Gasteiger charge is 1.90. The second-order valence-electron chi connectivity index (χ2n) is 1.70. The minimum absolute atomic E-state index is 0. The summed E-state index contributed by atoms with van der Waals surface area (Å²) in [7, 11) is 0. The van der Waals surface area contributed by atoms with E-state index in [2.05, 4.69) is 5.32 Å². The lowest BCUT2D eigenvalue weighted by atomic mass is 10.4. The minimum atomic E-state index is 0. The largest absolute Gasteiger partial charge is 0.356 e. The van der Waals surface area contributed by atoms with E-state index in [1.54, 1.807) is 0 Å². The quantitative estimate of drug-likeness (QED) is 0.711. The summed E-state index contributed by atoms with van der Waals surface area (Å²) < 4.78 is 0. The number of nitrogens with one attached hydrogen (secondary N) is 1. The van der Waals surface area contributed by atoms with Gasteiger partial charge in [-0.1, -0.05) is 27.7 Å². The highest BCUT2D eigenvalue weighted by atomic mass is 32.1. The Balaban J connectivity index is -0.0000000740. The third-order valence-corrected chi connectivity index (χ3v) is 0.893. The molecule has 0 heterocycles. The highest BCUT2D eigenvalue weighted by molar-refractivity contribution is 7.59. The molecule has 0 aromatic rings. The Kier molecular flexibility index (Phi) is 25.5. The summed E-state index contributed by atoms with van der Waals surface area (Å²) in [6, 6.07) is 0. The van der Waals surface area contributed by atoms with Crippen molar-refractivity contribution >= 4 is 19.4 Å². The molecular formula is C8H23NOS. The molecule has 0 aliphatic rings. The highest BCUT2D eigenvalue weighted by Crippen LogP contribution is 1.75. The van der Waals surface area contributed by atoms with Crippen LogP contribution in [-0.2, 0) is 4.79 Å². The van der Waals surface area contributed by atoms with Gasteiger partial charge in [0.15, 0.2) is 0 Å². The first-order valence-corrected chi connectivity index (χ1v) is 4.08. The lowest BCUT2D eigenvalue weighted by molar-refractivity contribution is -0.120. The maximum atomic E-state index is 10.5. The second-order valence-corrected chi connectivity index (χ2v) is 1.70. The SMILES string of the molecule is CC.CCCNC(=O)CC.S.[HH]. The summed E-state index contributed by atoms with van der Waals surface area (Å²) in [6.07, 6.45) is 1.62. The molecule has 0 fully saturated rings. The molecule has 72 valence electrons. The summed E-state index contributed by atoms with van der Waals surface area (Å²) in [4.78, 5) is 10.5. The van der Waals surface area contributed by atoms with Crippen LogP contribution in [0, 0.1) is 0 Å². The van der Waals surface area contributed by atoms with E-state index in [4.69, 9.17) is 0 Å². The van der Waals surface area contributed by atoms with Crippen molar-refractivity contribution in [1.82, 2.24) is 5.32 Å². The van der Waals surface area contributed by atoms with Crippen molar-refractivity contribution in [3.8, 4) is 0 Å². The van der Waals surface area contributed by atoms with E-state index >= 15 is 0 Å². The van der Waals surface area contributed by atoms with Crippen molar-refractivity contribution in [2.75, 3.05) is 6.54 Å². The predicted octanol–water partition coefficient (Wildman–Crippen LogP) is 2.31. The van der Waals surface area contributed by atoms with Crippen molar-refractivity contribution in [1.29, 1.82) is 0 Å². The van der Waals surface area contributed by atoms with E-state index in [0.717, 1.165) is 13.0 Å². The first-order valence-electron chi connectivity index (χ1n) is 4.08. The van der Waals surface area contributed by atoms with Crippen molar-refractivity contribution < 1.29 is 6.22 Å². The van der Waals surface area contributed by atoms with E-state index in [0.29, 0.717) is 6.42 Å². The number of carbonyl (C=O) groups excluding carboxylic acids is 1. The van der Waals surface area contributed by atoms with Crippen molar-refractivity contribution in [2.24, 2.45) is 0 Å². The molecule has 0 unspecified atom stereocenters. The zero-order valence-corrected chi connectivity index (χ0v) is 9.03. The Hall–Kier alpha value is -0.180. The van der Waals surface area contributed by atoms with Crippen LogP contribution in [0.5, 0.6) is 0 Å². The van der Waals surface area contributed by atoms with Crippen molar-refractivity contribution in [3.05, 3.63) is 0 Å². The van der Waals surface area contributed by atoms with Gasteiger partial charge in [0, 0.05) is 14.4 Å². The molecule has 0 aliphatic carbocycles. The monoisotopic (exact) mass is 181 g/mol. The summed E-state index contributed by atoms with van der Waals surface area (Å²) >= 11 is 0. The molecule has 1 amide bonds.